The summed E-state index contributed by atoms with van der Waals surface area (Å²) in [6, 6.07) is 4.47. The van der Waals surface area contributed by atoms with Gasteiger partial charge in [0.05, 0.1) is 17.8 Å². The number of benzene rings is 1. The van der Waals surface area contributed by atoms with Crippen LogP contribution in [0.5, 0.6) is 0 Å². The molecule has 24 heavy (non-hydrogen) atoms. The van der Waals surface area contributed by atoms with Crippen LogP contribution >= 0.6 is 0 Å². The number of sulfonamides is 1. The van der Waals surface area contributed by atoms with Crippen LogP contribution in [0.25, 0.3) is 0 Å². The van der Waals surface area contributed by atoms with Gasteiger partial charge in [-0.3, -0.25) is 4.79 Å². The monoisotopic (exact) mass is 356 g/mol. The van der Waals surface area contributed by atoms with E-state index in [1.165, 1.54) is 16.4 Å². The molecule has 1 saturated heterocycles. The third-order valence-corrected chi connectivity index (χ3v) is 5.97. The lowest BCUT2D eigenvalue weighted by Gasteiger charge is -2.48. The number of amides is 1. The Hall–Kier alpha value is -1.47. The Balaban J connectivity index is 2.26. The highest BCUT2D eigenvalue weighted by atomic mass is 32.2. The SMILES string of the molecule is Cc1ccc(CS(=O)(=O)N2CC(=O)N(C(C)C)C(C)(C)C2)c(F)c1. The molecule has 0 atom stereocenters. The van der Waals surface area contributed by atoms with Gasteiger partial charge in [0.15, 0.2) is 0 Å². The van der Waals surface area contributed by atoms with Gasteiger partial charge in [0.1, 0.15) is 5.82 Å². The quantitative estimate of drug-likeness (QED) is 0.832. The molecule has 0 aromatic heterocycles. The van der Waals surface area contributed by atoms with E-state index in [1.807, 2.05) is 27.7 Å². The van der Waals surface area contributed by atoms with Crippen LogP contribution in [0, 0.1) is 12.7 Å². The zero-order valence-corrected chi connectivity index (χ0v) is 15.7. The predicted molar refractivity (Wildman–Crippen MR) is 91.4 cm³/mol. The van der Waals surface area contributed by atoms with Gasteiger partial charge >= 0.3 is 0 Å². The fourth-order valence-corrected chi connectivity index (χ4v) is 5.00. The van der Waals surface area contributed by atoms with Crippen molar-refractivity contribution >= 4 is 15.9 Å². The van der Waals surface area contributed by atoms with Crippen LogP contribution in [0.2, 0.25) is 0 Å². The Morgan fingerprint density at radius 3 is 2.42 bits per heavy atom. The van der Waals surface area contributed by atoms with Crippen LogP contribution in [-0.4, -0.2) is 48.2 Å². The first-order valence-electron chi connectivity index (χ1n) is 7.99. The molecule has 1 aromatic carbocycles. The lowest BCUT2D eigenvalue weighted by atomic mass is 9.98. The van der Waals surface area contributed by atoms with Gasteiger partial charge in [0.25, 0.3) is 0 Å². The number of hydrogen-bond donors (Lipinski definition) is 0. The fourth-order valence-electron chi connectivity index (χ4n) is 3.37. The van der Waals surface area contributed by atoms with E-state index in [9.17, 15) is 17.6 Å². The van der Waals surface area contributed by atoms with Crippen molar-refractivity contribution in [2.24, 2.45) is 0 Å². The Kier molecular flexibility index (Phi) is 5.06. The molecule has 1 heterocycles. The van der Waals surface area contributed by atoms with Gasteiger partial charge in [-0.15, -0.1) is 0 Å². The summed E-state index contributed by atoms with van der Waals surface area (Å²) in [5.41, 5.74) is 0.246. The molecule has 0 spiro atoms. The van der Waals surface area contributed by atoms with E-state index in [0.29, 0.717) is 0 Å². The zero-order chi connectivity index (χ0) is 18.3. The first-order valence-corrected chi connectivity index (χ1v) is 9.60. The van der Waals surface area contributed by atoms with Crippen molar-refractivity contribution < 1.29 is 17.6 Å². The van der Waals surface area contributed by atoms with E-state index in [-0.39, 0.29) is 30.6 Å². The minimum atomic E-state index is -3.78. The van der Waals surface area contributed by atoms with E-state index in [2.05, 4.69) is 0 Å². The maximum Gasteiger partial charge on any atom is 0.238 e. The highest BCUT2D eigenvalue weighted by Gasteiger charge is 2.43. The van der Waals surface area contributed by atoms with E-state index in [1.54, 1.807) is 17.9 Å². The van der Waals surface area contributed by atoms with Crippen molar-refractivity contribution in [2.45, 2.75) is 52.0 Å². The lowest BCUT2D eigenvalue weighted by Crippen LogP contribution is -2.64. The van der Waals surface area contributed by atoms with Crippen molar-refractivity contribution in [1.29, 1.82) is 0 Å². The molecule has 0 radical (unpaired) electrons. The van der Waals surface area contributed by atoms with Crippen LogP contribution in [0.1, 0.15) is 38.8 Å². The molecular weight excluding hydrogens is 331 g/mol. The standard InChI is InChI=1S/C17H25FN2O3S/c1-12(2)20-16(21)9-19(11-17(20,4)5)24(22,23)10-14-7-6-13(3)8-15(14)18/h6-8,12H,9-11H2,1-5H3. The Labute approximate surface area is 143 Å². The van der Waals surface area contributed by atoms with Crippen molar-refractivity contribution in [1.82, 2.24) is 9.21 Å². The smallest absolute Gasteiger partial charge is 0.238 e. The summed E-state index contributed by atoms with van der Waals surface area (Å²) in [6.45, 7) is 9.26. The molecule has 0 bridgehead atoms. The summed E-state index contributed by atoms with van der Waals surface area (Å²) in [6.07, 6.45) is 0. The van der Waals surface area contributed by atoms with Gasteiger partial charge in [0, 0.05) is 18.2 Å². The average molecular weight is 356 g/mol. The highest BCUT2D eigenvalue weighted by Crippen LogP contribution is 2.27. The van der Waals surface area contributed by atoms with Gasteiger partial charge in [-0.25, -0.2) is 12.8 Å². The molecule has 134 valence electrons. The summed E-state index contributed by atoms with van der Waals surface area (Å²) in [5, 5.41) is 0. The molecular formula is C17H25FN2O3S. The number of rotatable bonds is 4. The Morgan fingerprint density at radius 1 is 1.29 bits per heavy atom. The molecule has 7 heteroatoms. The Morgan fingerprint density at radius 2 is 1.92 bits per heavy atom. The molecule has 0 aliphatic carbocycles. The number of carbonyl (C=O) groups is 1. The number of aryl methyl sites for hydroxylation is 1. The maximum absolute atomic E-state index is 14.0. The first-order chi connectivity index (χ1) is 10.9. The molecule has 1 amide bonds. The van der Waals surface area contributed by atoms with E-state index in [0.717, 1.165) is 5.56 Å². The molecule has 1 aromatic rings. The third kappa shape index (κ3) is 3.78. The van der Waals surface area contributed by atoms with Gasteiger partial charge in [0.2, 0.25) is 15.9 Å². The van der Waals surface area contributed by atoms with Gasteiger partial charge in [-0.2, -0.15) is 4.31 Å². The normalized spacial score (nSPS) is 19.1. The zero-order valence-electron chi connectivity index (χ0n) is 14.8. The topological polar surface area (TPSA) is 57.7 Å². The van der Waals surface area contributed by atoms with Gasteiger partial charge in [-0.05, 0) is 46.2 Å². The minimum absolute atomic E-state index is 0.00750. The maximum atomic E-state index is 14.0. The minimum Gasteiger partial charge on any atom is -0.333 e. The lowest BCUT2D eigenvalue weighted by molar-refractivity contribution is -0.144. The summed E-state index contributed by atoms with van der Waals surface area (Å²) in [5.74, 6) is -1.20. The van der Waals surface area contributed by atoms with Crippen molar-refractivity contribution in [2.75, 3.05) is 13.1 Å². The number of carbonyl (C=O) groups excluding carboxylic acids is 1. The fraction of sp³-hybridized carbons (Fsp3) is 0.588. The summed E-state index contributed by atoms with van der Waals surface area (Å²) in [7, 11) is -3.78. The molecule has 0 saturated carbocycles. The summed E-state index contributed by atoms with van der Waals surface area (Å²) >= 11 is 0. The molecule has 1 fully saturated rings. The summed E-state index contributed by atoms with van der Waals surface area (Å²) < 4.78 is 40.5. The van der Waals surface area contributed by atoms with E-state index >= 15 is 0 Å². The van der Waals surface area contributed by atoms with Crippen molar-refractivity contribution in [3.63, 3.8) is 0 Å². The summed E-state index contributed by atoms with van der Waals surface area (Å²) in [4.78, 5) is 14.1. The molecule has 0 N–H and O–H groups in total. The second-order valence-electron chi connectivity index (χ2n) is 7.29. The van der Waals surface area contributed by atoms with Crippen LogP contribution in [0.4, 0.5) is 4.39 Å². The number of nitrogens with zero attached hydrogens (tertiary/aromatic N) is 2. The number of hydrogen-bond acceptors (Lipinski definition) is 3. The number of halogens is 1. The molecule has 0 unspecified atom stereocenters. The van der Waals surface area contributed by atoms with Crippen LogP contribution in [0.3, 0.4) is 0 Å². The molecule has 1 aliphatic heterocycles. The molecule has 2 rings (SSSR count). The van der Waals surface area contributed by atoms with E-state index < -0.39 is 27.1 Å². The average Bonchev–Trinajstić information content (AvgIpc) is 2.39. The first kappa shape index (κ1) is 18.9. The highest BCUT2D eigenvalue weighted by molar-refractivity contribution is 7.88. The van der Waals surface area contributed by atoms with Gasteiger partial charge in [-0.1, -0.05) is 12.1 Å². The third-order valence-electron chi connectivity index (χ3n) is 4.25. The second kappa shape index (κ2) is 6.44. The van der Waals surface area contributed by atoms with Crippen LogP contribution in [0.15, 0.2) is 18.2 Å². The Bertz CT molecular complexity index is 744. The van der Waals surface area contributed by atoms with E-state index in [4.69, 9.17) is 0 Å². The van der Waals surface area contributed by atoms with Crippen LogP contribution in [-0.2, 0) is 20.6 Å². The predicted octanol–water partition coefficient (Wildman–Crippen LogP) is 2.30. The van der Waals surface area contributed by atoms with Crippen molar-refractivity contribution in [3.05, 3.63) is 35.1 Å². The second-order valence-corrected chi connectivity index (χ2v) is 9.26. The number of piperazine rings is 1. The van der Waals surface area contributed by atoms with Gasteiger partial charge < -0.3 is 4.90 Å². The van der Waals surface area contributed by atoms with Crippen LogP contribution < -0.4 is 0 Å². The largest absolute Gasteiger partial charge is 0.333 e. The van der Waals surface area contributed by atoms with Crippen molar-refractivity contribution in [3.8, 4) is 0 Å². The molecule has 5 nitrogen and oxygen atoms in total. The molecule has 1 aliphatic rings.